The summed E-state index contributed by atoms with van der Waals surface area (Å²) < 4.78 is 33.3. The van der Waals surface area contributed by atoms with E-state index in [4.69, 9.17) is 4.74 Å². The molecule has 0 aromatic heterocycles. The van der Waals surface area contributed by atoms with Crippen molar-refractivity contribution in [2.45, 2.75) is 101 Å². The molecule has 2 aromatic carbocycles. The first-order valence-electron chi connectivity index (χ1n) is 17.8. The largest absolute Gasteiger partial charge is 0.444 e. The molecule has 0 bridgehead atoms. The summed E-state index contributed by atoms with van der Waals surface area (Å²) >= 11 is 0. The molecule has 0 radical (unpaired) electrons. The van der Waals surface area contributed by atoms with Gasteiger partial charge in [-0.1, -0.05) is 61.4 Å². The van der Waals surface area contributed by atoms with Crippen molar-refractivity contribution in [3.8, 4) is 0 Å². The molecule has 2 heterocycles. The summed E-state index contributed by atoms with van der Waals surface area (Å²) in [6.45, 7) is 5.08. The second-order valence-electron chi connectivity index (χ2n) is 15.0. The second kappa shape index (κ2) is 14.3. The van der Waals surface area contributed by atoms with Gasteiger partial charge in [-0.05, 0) is 76.1 Å². The van der Waals surface area contributed by atoms with E-state index < -0.39 is 68.2 Å². The molecule has 5 amide bonds. The number of piperazine rings is 1. The SMILES string of the molecule is CC(C)(C)OC(=O)N[C@H]1CCCCC/C=C/C2C[C@]2(C(=O)NS(=O)(=O)C2CC2)NC(=O)[C@@H]2CN(C(=O)c3cccc4ccccc34)CCN2C1=O. The maximum absolute atomic E-state index is 14.4. The number of fused-ring (bicyclic) bond motifs is 3. The van der Waals surface area contributed by atoms with Crippen LogP contribution >= 0.6 is 0 Å². The van der Waals surface area contributed by atoms with Crippen LogP contribution in [0.4, 0.5) is 4.79 Å². The van der Waals surface area contributed by atoms with Crippen LogP contribution in [0.5, 0.6) is 0 Å². The Morgan fingerprint density at radius 3 is 2.45 bits per heavy atom. The first kappa shape index (κ1) is 36.3. The number of carbonyl (C=O) groups is 5. The van der Waals surface area contributed by atoms with Crippen LogP contribution in [0.2, 0.25) is 0 Å². The highest BCUT2D eigenvalue weighted by Crippen LogP contribution is 2.46. The molecule has 2 aliphatic heterocycles. The van der Waals surface area contributed by atoms with Crippen molar-refractivity contribution in [2.24, 2.45) is 5.92 Å². The molecule has 1 saturated heterocycles. The number of amides is 5. The summed E-state index contributed by atoms with van der Waals surface area (Å²) in [4.78, 5) is 72.3. The van der Waals surface area contributed by atoms with Gasteiger partial charge in [0.15, 0.2) is 0 Å². The Hall–Kier alpha value is -4.46. The van der Waals surface area contributed by atoms with E-state index in [2.05, 4.69) is 15.4 Å². The number of hydrogen-bond donors (Lipinski definition) is 3. The third-order valence-corrected chi connectivity index (χ3v) is 11.8. The lowest BCUT2D eigenvalue weighted by Crippen LogP contribution is -2.66. The van der Waals surface area contributed by atoms with Crippen LogP contribution < -0.4 is 15.4 Å². The summed E-state index contributed by atoms with van der Waals surface area (Å²) in [7, 11) is -3.91. The zero-order chi connectivity index (χ0) is 36.6. The number of sulfonamides is 1. The Bertz CT molecular complexity index is 1850. The van der Waals surface area contributed by atoms with Gasteiger partial charge < -0.3 is 25.2 Å². The van der Waals surface area contributed by atoms with Gasteiger partial charge >= 0.3 is 6.09 Å². The maximum Gasteiger partial charge on any atom is 0.408 e. The Kier molecular flexibility index (Phi) is 10.2. The van der Waals surface area contributed by atoms with Crippen LogP contribution in [-0.4, -0.2) is 96.0 Å². The molecule has 13 nitrogen and oxygen atoms in total. The summed E-state index contributed by atoms with van der Waals surface area (Å²) in [6, 6.07) is 10.6. The molecule has 51 heavy (non-hydrogen) atoms. The van der Waals surface area contributed by atoms with Crippen molar-refractivity contribution in [1.82, 2.24) is 25.2 Å². The van der Waals surface area contributed by atoms with Gasteiger partial charge in [-0.25, -0.2) is 13.2 Å². The molecule has 3 N–H and O–H groups in total. The number of nitrogens with one attached hydrogen (secondary N) is 3. The molecule has 3 fully saturated rings. The third kappa shape index (κ3) is 8.21. The summed E-state index contributed by atoms with van der Waals surface area (Å²) in [5.41, 5.74) is -1.90. The zero-order valence-corrected chi connectivity index (χ0v) is 30.2. The third-order valence-electron chi connectivity index (χ3n) is 9.96. The topological polar surface area (TPSA) is 171 Å². The molecular formula is C37H47N5O8S. The van der Waals surface area contributed by atoms with Crippen LogP contribution in [0.25, 0.3) is 10.8 Å². The van der Waals surface area contributed by atoms with E-state index in [1.54, 1.807) is 32.9 Å². The Balaban J connectivity index is 1.32. The standard InChI is InChI=1S/C37H47N5O8S/c1-36(2,3)50-35(47)38-29-17-8-6-4-5-7-14-25-22-37(25,34(46)40-51(48,49)26-18-19-26)39-31(43)30-23-41(20-21-42(30)33(29)45)32(44)28-16-11-13-24-12-9-10-15-27(24)28/h7,9-16,25-26,29-30H,4-6,8,17-23H2,1-3H3,(H,38,47)(H,39,43)(H,40,46)/b14-7+/t25?,29-,30-,37-/m0/s1. The molecule has 14 heteroatoms. The molecule has 2 saturated carbocycles. The normalized spacial score (nSPS) is 26.8. The lowest BCUT2D eigenvalue weighted by molar-refractivity contribution is -0.146. The number of rotatable bonds is 5. The zero-order valence-electron chi connectivity index (χ0n) is 29.4. The van der Waals surface area contributed by atoms with Crippen LogP contribution in [0.1, 0.15) is 82.5 Å². The molecule has 4 aliphatic rings. The van der Waals surface area contributed by atoms with Crippen LogP contribution in [0.3, 0.4) is 0 Å². The van der Waals surface area contributed by atoms with E-state index >= 15 is 0 Å². The van der Waals surface area contributed by atoms with Crippen LogP contribution in [-0.2, 0) is 29.1 Å². The van der Waals surface area contributed by atoms with Gasteiger partial charge in [-0.3, -0.25) is 23.9 Å². The Morgan fingerprint density at radius 1 is 0.961 bits per heavy atom. The average Bonchev–Trinajstić information content (AvgIpc) is 4.01. The monoisotopic (exact) mass is 721 g/mol. The lowest BCUT2D eigenvalue weighted by Gasteiger charge is -2.42. The fourth-order valence-corrected chi connectivity index (χ4v) is 8.32. The van der Waals surface area contributed by atoms with E-state index in [0.29, 0.717) is 37.7 Å². The first-order valence-corrected chi connectivity index (χ1v) is 19.3. The molecule has 274 valence electrons. The highest BCUT2D eigenvalue weighted by atomic mass is 32.2. The number of carbonyl (C=O) groups excluding carboxylic acids is 5. The van der Waals surface area contributed by atoms with Gasteiger partial charge in [0.1, 0.15) is 23.2 Å². The van der Waals surface area contributed by atoms with Crippen molar-refractivity contribution in [2.75, 3.05) is 19.6 Å². The number of allylic oxidation sites excluding steroid dienone is 1. The maximum atomic E-state index is 14.4. The fourth-order valence-electron chi connectivity index (χ4n) is 6.96. The molecular weight excluding hydrogens is 675 g/mol. The summed E-state index contributed by atoms with van der Waals surface area (Å²) in [6.07, 6.45) is 7.27. The molecule has 6 rings (SSSR count). The molecule has 2 aromatic rings. The Labute approximate surface area is 298 Å². The van der Waals surface area contributed by atoms with Gasteiger partial charge in [0.25, 0.3) is 11.8 Å². The van der Waals surface area contributed by atoms with E-state index in [-0.39, 0.29) is 32.0 Å². The van der Waals surface area contributed by atoms with E-state index in [1.807, 2.05) is 42.5 Å². The first-order chi connectivity index (χ1) is 24.2. The van der Waals surface area contributed by atoms with E-state index in [9.17, 15) is 32.4 Å². The van der Waals surface area contributed by atoms with E-state index in [0.717, 1.165) is 23.6 Å². The second-order valence-corrected chi connectivity index (χ2v) is 17.0. The van der Waals surface area contributed by atoms with Crippen molar-refractivity contribution < 1.29 is 37.1 Å². The minimum absolute atomic E-state index is 0.0154. The van der Waals surface area contributed by atoms with Crippen molar-refractivity contribution in [3.63, 3.8) is 0 Å². The molecule has 4 atom stereocenters. The number of alkyl carbamates (subject to hydrolysis) is 1. The van der Waals surface area contributed by atoms with Crippen LogP contribution in [0.15, 0.2) is 54.6 Å². The highest BCUT2D eigenvalue weighted by Gasteiger charge is 2.62. The van der Waals surface area contributed by atoms with Gasteiger partial charge in [0, 0.05) is 24.6 Å². The predicted molar refractivity (Wildman–Crippen MR) is 190 cm³/mol. The molecule has 0 spiro atoms. The lowest BCUT2D eigenvalue weighted by atomic mass is 10.0. The summed E-state index contributed by atoms with van der Waals surface area (Å²) in [5, 5.41) is 6.55. The van der Waals surface area contributed by atoms with Gasteiger partial charge in [-0.15, -0.1) is 0 Å². The average molecular weight is 722 g/mol. The highest BCUT2D eigenvalue weighted by molar-refractivity contribution is 7.91. The fraction of sp³-hybridized carbons (Fsp3) is 0.541. The predicted octanol–water partition coefficient (Wildman–Crippen LogP) is 3.39. The Morgan fingerprint density at radius 2 is 1.71 bits per heavy atom. The quantitative estimate of drug-likeness (QED) is 0.395. The van der Waals surface area contributed by atoms with Crippen molar-refractivity contribution in [3.05, 3.63) is 60.2 Å². The van der Waals surface area contributed by atoms with Crippen molar-refractivity contribution >= 4 is 50.5 Å². The molecule has 1 unspecified atom stereocenters. The number of benzene rings is 2. The number of nitrogens with zero attached hydrogens (tertiary/aromatic N) is 2. The smallest absolute Gasteiger partial charge is 0.408 e. The number of hydrogen-bond acceptors (Lipinski definition) is 8. The summed E-state index contributed by atoms with van der Waals surface area (Å²) in [5.74, 6) is -2.79. The van der Waals surface area contributed by atoms with Gasteiger partial charge in [0.05, 0.1) is 11.8 Å². The minimum atomic E-state index is -3.91. The molecule has 2 aliphatic carbocycles. The van der Waals surface area contributed by atoms with Gasteiger partial charge in [0.2, 0.25) is 21.8 Å². The van der Waals surface area contributed by atoms with Gasteiger partial charge in [-0.2, -0.15) is 0 Å². The minimum Gasteiger partial charge on any atom is -0.444 e. The number of ether oxygens (including phenoxy) is 1. The van der Waals surface area contributed by atoms with E-state index in [1.165, 1.54) is 9.80 Å². The van der Waals surface area contributed by atoms with Crippen LogP contribution in [0, 0.1) is 5.92 Å². The van der Waals surface area contributed by atoms with Crippen molar-refractivity contribution in [1.29, 1.82) is 0 Å².